The summed E-state index contributed by atoms with van der Waals surface area (Å²) in [7, 11) is 3.85. The van der Waals surface area contributed by atoms with Crippen molar-refractivity contribution in [3.63, 3.8) is 0 Å². The summed E-state index contributed by atoms with van der Waals surface area (Å²) in [6, 6.07) is 0. The SMILES string of the molecule is CN(C)C[C@H]1O[C@@H](C(C)(C)C)C(O)[C@H]1O. The molecule has 1 fully saturated rings. The molecule has 0 spiro atoms. The zero-order valence-corrected chi connectivity index (χ0v) is 10.3. The lowest BCUT2D eigenvalue weighted by molar-refractivity contribution is -0.0558. The third-order valence-corrected chi connectivity index (χ3v) is 2.76. The highest BCUT2D eigenvalue weighted by atomic mass is 16.5. The molecule has 1 aliphatic heterocycles. The van der Waals surface area contributed by atoms with Crippen molar-refractivity contribution < 1.29 is 14.9 Å². The van der Waals surface area contributed by atoms with Gasteiger partial charge in [-0.25, -0.2) is 0 Å². The standard InChI is InChI=1S/C11H23NO3/c1-11(2,3)10-9(14)8(13)7(15-10)6-12(4)5/h7-10,13-14H,6H2,1-5H3/t7-,8+,9?,10-/m1/s1. The van der Waals surface area contributed by atoms with Gasteiger partial charge < -0.3 is 19.8 Å². The van der Waals surface area contributed by atoms with Crippen LogP contribution in [-0.4, -0.2) is 60.2 Å². The number of aliphatic hydroxyl groups excluding tert-OH is 2. The Labute approximate surface area is 91.8 Å². The van der Waals surface area contributed by atoms with E-state index in [4.69, 9.17) is 4.74 Å². The van der Waals surface area contributed by atoms with Crippen LogP contribution >= 0.6 is 0 Å². The number of aliphatic hydroxyl groups is 2. The Morgan fingerprint density at radius 3 is 2.00 bits per heavy atom. The first kappa shape index (κ1) is 12.9. The van der Waals surface area contributed by atoms with Crippen molar-refractivity contribution in [3.05, 3.63) is 0 Å². The summed E-state index contributed by atoms with van der Waals surface area (Å²) in [6.07, 6.45) is -2.15. The predicted molar refractivity (Wildman–Crippen MR) is 58.7 cm³/mol. The molecule has 0 saturated carbocycles. The summed E-state index contributed by atoms with van der Waals surface area (Å²) in [5.74, 6) is 0. The van der Waals surface area contributed by atoms with Crippen molar-refractivity contribution in [3.8, 4) is 0 Å². The van der Waals surface area contributed by atoms with Crippen molar-refractivity contribution in [1.82, 2.24) is 4.90 Å². The van der Waals surface area contributed by atoms with Gasteiger partial charge in [0, 0.05) is 6.54 Å². The monoisotopic (exact) mass is 217 g/mol. The highest BCUT2D eigenvalue weighted by Gasteiger charge is 2.47. The Morgan fingerprint density at radius 1 is 1.13 bits per heavy atom. The molecular weight excluding hydrogens is 194 g/mol. The van der Waals surface area contributed by atoms with E-state index in [1.165, 1.54) is 0 Å². The maximum atomic E-state index is 9.88. The quantitative estimate of drug-likeness (QED) is 0.688. The molecule has 0 amide bonds. The molecule has 1 saturated heterocycles. The fraction of sp³-hybridized carbons (Fsp3) is 1.00. The molecule has 4 heteroatoms. The van der Waals surface area contributed by atoms with Gasteiger partial charge in [-0.2, -0.15) is 0 Å². The summed E-state index contributed by atoms with van der Waals surface area (Å²) in [4.78, 5) is 1.95. The smallest absolute Gasteiger partial charge is 0.110 e. The summed E-state index contributed by atoms with van der Waals surface area (Å²) < 4.78 is 5.72. The molecule has 90 valence electrons. The molecule has 0 aromatic carbocycles. The lowest BCUT2D eigenvalue weighted by Crippen LogP contribution is -2.39. The van der Waals surface area contributed by atoms with Crippen molar-refractivity contribution in [2.45, 2.75) is 45.2 Å². The second-order valence-corrected chi connectivity index (χ2v) is 5.70. The van der Waals surface area contributed by atoms with E-state index in [1.807, 2.05) is 39.8 Å². The Kier molecular flexibility index (Phi) is 3.76. The molecule has 15 heavy (non-hydrogen) atoms. The summed E-state index contributed by atoms with van der Waals surface area (Å²) in [6.45, 7) is 6.65. The average molecular weight is 217 g/mol. The van der Waals surface area contributed by atoms with Crippen molar-refractivity contribution in [2.24, 2.45) is 5.41 Å². The highest BCUT2D eigenvalue weighted by Crippen LogP contribution is 2.33. The van der Waals surface area contributed by atoms with Crippen LogP contribution in [0.25, 0.3) is 0 Å². The van der Waals surface area contributed by atoms with Crippen LogP contribution in [-0.2, 0) is 4.74 Å². The molecule has 0 aliphatic carbocycles. The van der Waals surface area contributed by atoms with E-state index >= 15 is 0 Å². The van der Waals surface area contributed by atoms with Crippen LogP contribution < -0.4 is 0 Å². The van der Waals surface area contributed by atoms with Crippen molar-refractivity contribution >= 4 is 0 Å². The van der Waals surface area contributed by atoms with Gasteiger partial charge in [0.15, 0.2) is 0 Å². The van der Waals surface area contributed by atoms with E-state index in [2.05, 4.69) is 0 Å². The van der Waals surface area contributed by atoms with E-state index in [1.54, 1.807) is 0 Å². The second kappa shape index (κ2) is 4.37. The zero-order valence-electron chi connectivity index (χ0n) is 10.3. The van der Waals surface area contributed by atoms with Gasteiger partial charge in [-0.1, -0.05) is 20.8 Å². The van der Waals surface area contributed by atoms with Gasteiger partial charge in [0.1, 0.15) is 12.2 Å². The van der Waals surface area contributed by atoms with E-state index in [9.17, 15) is 10.2 Å². The van der Waals surface area contributed by atoms with Crippen molar-refractivity contribution in [2.75, 3.05) is 20.6 Å². The third-order valence-electron chi connectivity index (χ3n) is 2.76. The van der Waals surface area contributed by atoms with Gasteiger partial charge in [-0.3, -0.25) is 0 Å². The molecule has 0 aromatic heterocycles. The number of nitrogens with zero attached hydrogens (tertiary/aromatic N) is 1. The number of ether oxygens (including phenoxy) is 1. The Bertz CT molecular complexity index is 212. The van der Waals surface area contributed by atoms with Crippen LogP contribution in [0, 0.1) is 5.41 Å². The largest absolute Gasteiger partial charge is 0.388 e. The predicted octanol–water partition coefficient (Wildman–Crippen LogP) is 0.0833. The fourth-order valence-corrected chi connectivity index (χ4v) is 1.98. The maximum Gasteiger partial charge on any atom is 0.110 e. The highest BCUT2D eigenvalue weighted by molar-refractivity contribution is 4.96. The minimum atomic E-state index is -0.782. The Hall–Kier alpha value is -0.160. The van der Waals surface area contributed by atoms with Crippen molar-refractivity contribution in [1.29, 1.82) is 0 Å². The minimum absolute atomic E-state index is 0.151. The Balaban J connectivity index is 2.67. The number of rotatable bonds is 2. The second-order valence-electron chi connectivity index (χ2n) is 5.70. The first-order chi connectivity index (χ1) is 6.73. The van der Waals surface area contributed by atoms with Gasteiger partial charge in [0.05, 0.1) is 12.2 Å². The molecule has 1 rings (SSSR count). The first-order valence-electron chi connectivity index (χ1n) is 5.40. The van der Waals surface area contributed by atoms with Crippen LogP contribution in [0.3, 0.4) is 0 Å². The zero-order chi connectivity index (χ0) is 11.8. The van der Waals surface area contributed by atoms with Crippen LogP contribution in [0.4, 0.5) is 0 Å². The summed E-state index contributed by atoms with van der Waals surface area (Å²) in [5, 5.41) is 19.7. The number of hydrogen-bond acceptors (Lipinski definition) is 4. The molecule has 0 radical (unpaired) electrons. The van der Waals surface area contributed by atoms with Gasteiger partial charge >= 0.3 is 0 Å². The normalized spacial score (nSPS) is 37.6. The topological polar surface area (TPSA) is 52.9 Å². The maximum absolute atomic E-state index is 9.88. The minimum Gasteiger partial charge on any atom is -0.388 e. The average Bonchev–Trinajstić information content (AvgIpc) is 2.30. The molecule has 1 unspecified atom stereocenters. The molecule has 0 bridgehead atoms. The Morgan fingerprint density at radius 2 is 1.67 bits per heavy atom. The molecule has 2 N–H and O–H groups in total. The van der Waals surface area contributed by atoms with Gasteiger partial charge in [-0.05, 0) is 19.5 Å². The molecule has 4 nitrogen and oxygen atoms in total. The van der Waals surface area contributed by atoms with Gasteiger partial charge in [0.2, 0.25) is 0 Å². The van der Waals surface area contributed by atoms with Crippen LogP contribution in [0.15, 0.2) is 0 Å². The molecule has 0 aromatic rings. The number of hydrogen-bond donors (Lipinski definition) is 2. The first-order valence-corrected chi connectivity index (χ1v) is 5.40. The van der Waals surface area contributed by atoms with E-state index in [-0.39, 0.29) is 17.6 Å². The van der Waals surface area contributed by atoms with E-state index in [0.717, 1.165) is 0 Å². The van der Waals surface area contributed by atoms with Crippen LogP contribution in [0.1, 0.15) is 20.8 Å². The molecule has 1 heterocycles. The van der Waals surface area contributed by atoms with E-state index < -0.39 is 12.2 Å². The summed E-state index contributed by atoms with van der Waals surface area (Å²) in [5.41, 5.74) is -0.151. The fourth-order valence-electron chi connectivity index (χ4n) is 1.98. The number of likely N-dealkylation sites (N-methyl/N-ethyl adjacent to an activating group) is 1. The van der Waals surface area contributed by atoms with Gasteiger partial charge in [0.25, 0.3) is 0 Å². The van der Waals surface area contributed by atoms with E-state index in [0.29, 0.717) is 6.54 Å². The summed E-state index contributed by atoms with van der Waals surface area (Å²) >= 11 is 0. The lowest BCUT2D eigenvalue weighted by atomic mass is 9.85. The lowest BCUT2D eigenvalue weighted by Gasteiger charge is -2.29. The van der Waals surface area contributed by atoms with Crippen LogP contribution in [0.2, 0.25) is 0 Å². The molecular formula is C11H23NO3. The van der Waals surface area contributed by atoms with Gasteiger partial charge in [-0.15, -0.1) is 0 Å². The van der Waals surface area contributed by atoms with Crippen LogP contribution in [0.5, 0.6) is 0 Å². The molecule has 1 aliphatic rings. The third kappa shape index (κ3) is 2.91. The molecule has 4 atom stereocenters.